The maximum atomic E-state index is 5.90. The van der Waals surface area contributed by atoms with Crippen LogP contribution in [0.3, 0.4) is 0 Å². The lowest BCUT2D eigenvalue weighted by molar-refractivity contribution is 0.208. The summed E-state index contributed by atoms with van der Waals surface area (Å²) in [6, 6.07) is 5.98. The molecule has 1 unspecified atom stereocenters. The first kappa shape index (κ1) is 15.6. The lowest BCUT2D eigenvalue weighted by Gasteiger charge is -2.17. The van der Waals surface area contributed by atoms with E-state index in [0.717, 1.165) is 36.6 Å². The first-order chi connectivity index (χ1) is 9.21. The minimum absolute atomic E-state index is 0.119. The summed E-state index contributed by atoms with van der Waals surface area (Å²) >= 11 is 0. The van der Waals surface area contributed by atoms with Gasteiger partial charge in [-0.25, -0.2) is 0 Å². The second kappa shape index (κ2) is 8.59. The summed E-state index contributed by atoms with van der Waals surface area (Å²) in [6.45, 7) is 8.07. The monoisotopic (exact) mass is 263 g/mol. The zero-order valence-corrected chi connectivity index (χ0v) is 12.4. The zero-order chi connectivity index (χ0) is 14.1. The molecule has 0 amide bonds. The Hall–Kier alpha value is -1.48. The molecule has 106 valence electrons. The molecule has 0 aromatic heterocycles. The van der Waals surface area contributed by atoms with E-state index >= 15 is 0 Å². The normalized spacial score (nSPS) is 12.6. The van der Waals surface area contributed by atoms with Gasteiger partial charge in [-0.3, -0.25) is 0 Å². The second-order valence-corrected chi connectivity index (χ2v) is 4.54. The molecule has 0 heterocycles. The Morgan fingerprint density at radius 2 is 2.11 bits per heavy atom. The molecule has 0 spiro atoms. The lowest BCUT2D eigenvalue weighted by atomic mass is 10.2. The third kappa shape index (κ3) is 5.35. The number of ether oxygens (including phenoxy) is 2. The molecule has 1 aromatic rings. The van der Waals surface area contributed by atoms with E-state index in [1.165, 1.54) is 0 Å². The van der Waals surface area contributed by atoms with Crippen LogP contribution in [0.2, 0.25) is 0 Å². The molecule has 19 heavy (non-hydrogen) atoms. The lowest BCUT2D eigenvalue weighted by Crippen LogP contribution is -2.29. The van der Waals surface area contributed by atoms with E-state index < -0.39 is 0 Å². The van der Waals surface area contributed by atoms with Gasteiger partial charge in [-0.05, 0) is 44.5 Å². The molecule has 0 aliphatic heterocycles. The van der Waals surface area contributed by atoms with E-state index in [0.29, 0.717) is 0 Å². The number of hydrogen-bond donors (Lipinski definition) is 1. The number of nitrogens with one attached hydrogen (secondary N) is 1. The van der Waals surface area contributed by atoms with E-state index in [-0.39, 0.29) is 6.10 Å². The molecule has 1 atom stereocenters. The highest BCUT2D eigenvalue weighted by molar-refractivity contribution is 5.55. The molecule has 1 aromatic carbocycles. The number of methoxy groups -OCH3 is 1. The Balaban J connectivity index is 2.66. The van der Waals surface area contributed by atoms with Crippen molar-refractivity contribution in [3.63, 3.8) is 0 Å². The molecular weight excluding hydrogens is 238 g/mol. The van der Waals surface area contributed by atoms with Crippen LogP contribution < -0.4 is 14.8 Å². The molecule has 3 nitrogen and oxygen atoms in total. The molecule has 0 radical (unpaired) electrons. The molecule has 0 aliphatic rings. The van der Waals surface area contributed by atoms with Crippen LogP contribution in [-0.4, -0.2) is 26.3 Å². The predicted molar refractivity (Wildman–Crippen MR) is 81.0 cm³/mol. The summed E-state index contributed by atoms with van der Waals surface area (Å²) in [5, 5.41) is 3.35. The third-order valence-electron chi connectivity index (χ3n) is 2.73. The van der Waals surface area contributed by atoms with Crippen molar-refractivity contribution in [2.75, 3.05) is 20.2 Å². The van der Waals surface area contributed by atoms with Crippen molar-refractivity contribution in [2.24, 2.45) is 0 Å². The Bertz CT molecular complexity index is 402. The van der Waals surface area contributed by atoms with Crippen LogP contribution in [0.5, 0.6) is 11.5 Å². The van der Waals surface area contributed by atoms with Gasteiger partial charge in [0.25, 0.3) is 0 Å². The van der Waals surface area contributed by atoms with E-state index in [2.05, 4.69) is 19.2 Å². The zero-order valence-electron chi connectivity index (χ0n) is 12.4. The van der Waals surface area contributed by atoms with E-state index in [9.17, 15) is 0 Å². The largest absolute Gasteiger partial charge is 0.493 e. The number of hydrogen-bond acceptors (Lipinski definition) is 3. The minimum atomic E-state index is 0.119. The Morgan fingerprint density at radius 1 is 1.32 bits per heavy atom. The first-order valence-corrected chi connectivity index (χ1v) is 6.89. The van der Waals surface area contributed by atoms with Gasteiger partial charge in [0.1, 0.15) is 6.10 Å². The molecule has 0 aliphatic carbocycles. The molecule has 0 saturated heterocycles. The summed E-state index contributed by atoms with van der Waals surface area (Å²) in [5.74, 6) is 1.57. The van der Waals surface area contributed by atoms with Gasteiger partial charge in [0.15, 0.2) is 11.5 Å². The summed E-state index contributed by atoms with van der Waals surface area (Å²) in [7, 11) is 1.67. The summed E-state index contributed by atoms with van der Waals surface area (Å²) in [4.78, 5) is 0. The van der Waals surface area contributed by atoms with Crippen LogP contribution in [0.4, 0.5) is 0 Å². The van der Waals surface area contributed by atoms with Gasteiger partial charge < -0.3 is 14.8 Å². The standard InChI is InChI=1S/C16H25NO2/c1-5-7-14-8-9-15(16(11-14)18-4)19-13(3)12-17-10-6-2/h5,7-9,11,13,17H,6,10,12H2,1-4H3. The van der Waals surface area contributed by atoms with E-state index in [1.807, 2.05) is 37.3 Å². The topological polar surface area (TPSA) is 30.5 Å². The van der Waals surface area contributed by atoms with Gasteiger partial charge in [0.2, 0.25) is 0 Å². The molecule has 3 heteroatoms. The van der Waals surface area contributed by atoms with Gasteiger partial charge in [-0.2, -0.15) is 0 Å². The van der Waals surface area contributed by atoms with Crippen molar-refractivity contribution < 1.29 is 9.47 Å². The maximum absolute atomic E-state index is 5.90. The highest BCUT2D eigenvalue weighted by atomic mass is 16.5. The minimum Gasteiger partial charge on any atom is -0.493 e. The fourth-order valence-electron chi connectivity index (χ4n) is 1.82. The molecule has 0 fully saturated rings. The van der Waals surface area contributed by atoms with Crippen LogP contribution in [0.15, 0.2) is 24.3 Å². The van der Waals surface area contributed by atoms with Crippen molar-refractivity contribution in [1.29, 1.82) is 0 Å². The average molecular weight is 263 g/mol. The van der Waals surface area contributed by atoms with Gasteiger partial charge in [-0.1, -0.05) is 25.1 Å². The van der Waals surface area contributed by atoms with Crippen LogP contribution in [-0.2, 0) is 0 Å². The SMILES string of the molecule is CC=Cc1ccc(OC(C)CNCCC)c(OC)c1. The number of allylic oxidation sites excluding steroid dienone is 1. The summed E-state index contributed by atoms with van der Waals surface area (Å²) in [5.41, 5.74) is 1.11. The van der Waals surface area contributed by atoms with Crippen molar-refractivity contribution in [1.82, 2.24) is 5.32 Å². The first-order valence-electron chi connectivity index (χ1n) is 6.89. The molecule has 0 saturated carbocycles. The van der Waals surface area contributed by atoms with Crippen molar-refractivity contribution >= 4 is 6.08 Å². The molecule has 1 rings (SSSR count). The Morgan fingerprint density at radius 3 is 2.74 bits per heavy atom. The third-order valence-corrected chi connectivity index (χ3v) is 2.73. The van der Waals surface area contributed by atoms with Crippen LogP contribution >= 0.6 is 0 Å². The van der Waals surface area contributed by atoms with E-state index in [1.54, 1.807) is 7.11 Å². The van der Waals surface area contributed by atoms with Crippen LogP contribution in [0.25, 0.3) is 6.08 Å². The van der Waals surface area contributed by atoms with Crippen molar-refractivity contribution in [2.45, 2.75) is 33.3 Å². The predicted octanol–water partition coefficient (Wildman–Crippen LogP) is 3.50. The summed E-state index contributed by atoms with van der Waals surface area (Å²) < 4.78 is 11.3. The smallest absolute Gasteiger partial charge is 0.161 e. The highest BCUT2D eigenvalue weighted by Crippen LogP contribution is 2.29. The average Bonchev–Trinajstić information content (AvgIpc) is 2.41. The van der Waals surface area contributed by atoms with Gasteiger partial charge in [0, 0.05) is 6.54 Å². The van der Waals surface area contributed by atoms with Crippen molar-refractivity contribution in [3.05, 3.63) is 29.8 Å². The fraction of sp³-hybridized carbons (Fsp3) is 0.500. The van der Waals surface area contributed by atoms with Crippen LogP contribution in [0.1, 0.15) is 32.8 Å². The quantitative estimate of drug-likeness (QED) is 0.728. The van der Waals surface area contributed by atoms with Gasteiger partial charge in [0.05, 0.1) is 7.11 Å². The number of rotatable bonds is 8. The Labute approximate surface area is 116 Å². The second-order valence-electron chi connectivity index (χ2n) is 4.54. The maximum Gasteiger partial charge on any atom is 0.161 e. The molecule has 0 bridgehead atoms. The highest BCUT2D eigenvalue weighted by Gasteiger charge is 2.09. The van der Waals surface area contributed by atoms with Crippen molar-refractivity contribution in [3.8, 4) is 11.5 Å². The molecular formula is C16H25NO2. The number of benzene rings is 1. The van der Waals surface area contributed by atoms with E-state index in [4.69, 9.17) is 9.47 Å². The Kier molecular flexibility index (Phi) is 7.04. The van der Waals surface area contributed by atoms with Gasteiger partial charge >= 0.3 is 0 Å². The van der Waals surface area contributed by atoms with Crippen LogP contribution in [0, 0.1) is 0 Å². The summed E-state index contributed by atoms with van der Waals surface area (Å²) in [6.07, 6.45) is 5.30. The fourth-order valence-corrected chi connectivity index (χ4v) is 1.82. The molecule has 1 N–H and O–H groups in total. The van der Waals surface area contributed by atoms with Gasteiger partial charge in [-0.15, -0.1) is 0 Å².